The average Bonchev–Trinajstić information content (AvgIpc) is 2.69. The van der Waals surface area contributed by atoms with E-state index in [1.807, 2.05) is 4.90 Å². The summed E-state index contributed by atoms with van der Waals surface area (Å²) in [7, 11) is 0. The van der Waals surface area contributed by atoms with Gasteiger partial charge in [0.2, 0.25) is 5.91 Å². The fraction of sp³-hybridized carbons (Fsp3) is 0.444. The van der Waals surface area contributed by atoms with E-state index >= 15 is 0 Å². The molecular weight excluding hydrogens is 389 g/mol. The molecule has 1 aromatic carbocycles. The molecule has 1 aliphatic rings. The van der Waals surface area contributed by atoms with Gasteiger partial charge in [0.15, 0.2) is 0 Å². The summed E-state index contributed by atoms with van der Waals surface area (Å²) < 4.78 is 18.5. The Bertz CT molecular complexity index is 724. The van der Waals surface area contributed by atoms with Crippen LogP contribution >= 0.6 is 0 Å². The first-order valence-electron chi connectivity index (χ1n) is 8.84. The molecule has 1 aliphatic heterocycles. The Hall–Kier alpha value is -3.21. The van der Waals surface area contributed by atoms with E-state index in [2.05, 4.69) is 5.32 Å². The Labute approximate surface area is 166 Å². The van der Waals surface area contributed by atoms with Crippen molar-refractivity contribution >= 4 is 29.6 Å². The van der Waals surface area contributed by atoms with E-state index in [4.69, 9.17) is 24.5 Å². The number of rotatable bonds is 4. The van der Waals surface area contributed by atoms with Gasteiger partial charge in [-0.05, 0) is 26.0 Å². The Morgan fingerprint density at radius 3 is 2.14 bits per heavy atom. The van der Waals surface area contributed by atoms with Gasteiger partial charge in [-0.3, -0.25) is 9.69 Å². The fourth-order valence-electron chi connectivity index (χ4n) is 2.47. The molecule has 0 saturated carbocycles. The van der Waals surface area contributed by atoms with Gasteiger partial charge in [0.05, 0.1) is 18.3 Å². The zero-order chi connectivity index (χ0) is 22.0. The highest BCUT2D eigenvalue weighted by atomic mass is 19.1. The van der Waals surface area contributed by atoms with Crippen LogP contribution < -0.4 is 5.32 Å². The van der Waals surface area contributed by atoms with Gasteiger partial charge in [-0.2, -0.15) is 0 Å². The lowest BCUT2D eigenvalue weighted by Gasteiger charge is -2.36. The molecule has 0 aromatic heterocycles. The first-order chi connectivity index (χ1) is 13.7. The summed E-state index contributed by atoms with van der Waals surface area (Å²) in [5.74, 6) is -4.37. The van der Waals surface area contributed by atoms with Crippen molar-refractivity contribution in [2.75, 3.05) is 38.1 Å². The molecule has 1 heterocycles. The molecule has 10 nitrogen and oxygen atoms in total. The summed E-state index contributed by atoms with van der Waals surface area (Å²) in [5, 5.41) is 17.4. The number of carbonyl (C=O) groups is 4. The number of carboxylic acid groups (broad SMARTS) is 2. The number of anilines is 1. The van der Waals surface area contributed by atoms with Crippen molar-refractivity contribution in [1.82, 2.24) is 9.80 Å². The molecular formula is C18H24FN3O7. The van der Waals surface area contributed by atoms with Crippen molar-refractivity contribution in [3.05, 3.63) is 30.1 Å². The van der Waals surface area contributed by atoms with Gasteiger partial charge in [0.25, 0.3) is 0 Å². The first kappa shape index (κ1) is 23.8. The maximum Gasteiger partial charge on any atom is 0.414 e. The highest BCUT2D eigenvalue weighted by Crippen LogP contribution is 2.14. The van der Waals surface area contributed by atoms with Crippen LogP contribution in [0.3, 0.4) is 0 Å². The number of amides is 2. The third-order valence-corrected chi connectivity index (χ3v) is 4.08. The fourth-order valence-corrected chi connectivity index (χ4v) is 2.47. The summed E-state index contributed by atoms with van der Waals surface area (Å²) in [4.78, 5) is 45.7. The Kier molecular flexibility index (Phi) is 9.52. The van der Waals surface area contributed by atoms with Crippen LogP contribution in [0.2, 0.25) is 0 Å². The molecule has 2 rings (SSSR count). The number of piperazine rings is 1. The normalized spacial score (nSPS) is 14.8. The number of hydrogen-bond donors (Lipinski definition) is 3. The Balaban J connectivity index is 0.000000612. The minimum absolute atomic E-state index is 0.175. The van der Waals surface area contributed by atoms with Crippen molar-refractivity contribution in [2.24, 2.45) is 0 Å². The van der Waals surface area contributed by atoms with Gasteiger partial charge in [0.1, 0.15) is 5.82 Å². The first-order valence-corrected chi connectivity index (χ1v) is 8.84. The molecule has 3 N–H and O–H groups in total. The van der Waals surface area contributed by atoms with E-state index in [9.17, 15) is 14.0 Å². The molecule has 1 aromatic rings. The second-order valence-electron chi connectivity index (χ2n) is 5.98. The van der Waals surface area contributed by atoms with Gasteiger partial charge in [-0.15, -0.1) is 0 Å². The number of benzene rings is 1. The van der Waals surface area contributed by atoms with Gasteiger partial charge >= 0.3 is 18.0 Å². The monoisotopic (exact) mass is 413 g/mol. The van der Waals surface area contributed by atoms with Crippen molar-refractivity contribution in [2.45, 2.75) is 19.9 Å². The van der Waals surface area contributed by atoms with Crippen LogP contribution in [-0.2, 0) is 19.1 Å². The molecule has 0 radical (unpaired) electrons. The van der Waals surface area contributed by atoms with E-state index in [0.717, 1.165) is 0 Å². The lowest BCUT2D eigenvalue weighted by Crippen LogP contribution is -2.54. The zero-order valence-electron chi connectivity index (χ0n) is 16.1. The predicted octanol–water partition coefficient (Wildman–Crippen LogP) is 1.08. The molecule has 2 amide bonds. The van der Waals surface area contributed by atoms with E-state index in [1.54, 1.807) is 30.9 Å². The minimum Gasteiger partial charge on any atom is -0.473 e. The van der Waals surface area contributed by atoms with Gasteiger partial charge in [-0.25, -0.2) is 18.8 Å². The standard InChI is InChI=1S/C16H22FN3O3.C2H2O4/c1-3-23-16(22)20-10-8-19(9-11-20)12(2)15(21)18-14-7-5-4-6-13(14)17;3-1(4)2(5)6/h4-7,12H,3,8-11H2,1-2H3,(H,18,21);(H,3,4)(H,5,6). The number of halogens is 1. The van der Waals surface area contributed by atoms with Crippen LogP contribution in [0.25, 0.3) is 0 Å². The van der Waals surface area contributed by atoms with Crippen LogP contribution in [0.4, 0.5) is 14.9 Å². The quantitative estimate of drug-likeness (QED) is 0.624. The van der Waals surface area contributed by atoms with Crippen LogP contribution in [0.1, 0.15) is 13.8 Å². The maximum absolute atomic E-state index is 13.6. The maximum atomic E-state index is 13.6. The van der Waals surface area contributed by atoms with E-state index in [1.165, 1.54) is 12.1 Å². The highest BCUT2D eigenvalue weighted by molar-refractivity contribution is 6.27. The third kappa shape index (κ3) is 7.74. The summed E-state index contributed by atoms with van der Waals surface area (Å²) in [6.45, 7) is 6.06. The average molecular weight is 413 g/mol. The van der Waals surface area contributed by atoms with Crippen LogP contribution in [0.5, 0.6) is 0 Å². The summed E-state index contributed by atoms with van der Waals surface area (Å²) in [5.41, 5.74) is 0.175. The molecule has 160 valence electrons. The summed E-state index contributed by atoms with van der Waals surface area (Å²) in [6, 6.07) is 5.67. The van der Waals surface area contributed by atoms with Crippen LogP contribution in [0, 0.1) is 5.82 Å². The molecule has 29 heavy (non-hydrogen) atoms. The number of aliphatic carboxylic acids is 2. The number of para-hydroxylation sites is 1. The molecule has 1 fully saturated rings. The van der Waals surface area contributed by atoms with Crippen molar-refractivity contribution in [3.63, 3.8) is 0 Å². The zero-order valence-corrected chi connectivity index (χ0v) is 16.1. The van der Waals surface area contributed by atoms with Gasteiger partial charge in [0, 0.05) is 26.2 Å². The SMILES string of the molecule is CCOC(=O)N1CCN(C(C)C(=O)Nc2ccccc2F)CC1.O=C(O)C(=O)O. The van der Waals surface area contributed by atoms with E-state index in [-0.39, 0.29) is 17.7 Å². The van der Waals surface area contributed by atoms with Crippen LogP contribution in [0.15, 0.2) is 24.3 Å². The lowest BCUT2D eigenvalue weighted by molar-refractivity contribution is -0.159. The largest absolute Gasteiger partial charge is 0.473 e. The second-order valence-corrected chi connectivity index (χ2v) is 5.98. The van der Waals surface area contributed by atoms with Gasteiger partial charge < -0.3 is 25.2 Å². The summed E-state index contributed by atoms with van der Waals surface area (Å²) >= 11 is 0. The van der Waals surface area contributed by atoms with Crippen molar-refractivity contribution < 1.29 is 38.5 Å². The predicted molar refractivity (Wildman–Crippen MR) is 99.9 cm³/mol. The Morgan fingerprint density at radius 2 is 1.66 bits per heavy atom. The number of carboxylic acids is 2. The molecule has 0 bridgehead atoms. The molecule has 1 saturated heterocycles. The lowest BCUT2D eigenvalue weighted by atomic mass is 10.2. The van der Waals surface area contributed by atoms with Crippen molar-refractivity contribution in [1.29, 1.82) is 0 Å². The molecule has 0 spiro atoms. The highest BCUT2D eigenvalue weighted by Gasteiger charge is 2.28. The molecule has 11 heteroatoms. The molecule has 1 atom stereocenters. The summed E-state index contributed by atoms with van der Waals surface area (Å²) in [6.07, 6.45) is -0.324. The second kappa shape index (κ2) is 11.6. The molecule has 0 aliphatic carbocycles. The number of nitrogens with one attached hydrogen (secondary N) is 1. The Morgan fingerprint density at radius 1 is 1.10 bits per heavy atom. The number of nitrogens with zero attached hydrogens (tertiary/aromatic N) is 2. The van der Waals surface area contributed by atoms with E-state index in [0.29, 0.717) is 32.8 Å². The molecule has 1 unspecified atom stereocenters. The third-order valence-electron chi connectivity index (χ3n) is 4.08. The topological polar surface area (TPSA) is 136 Å². The minimum atomic E-state index is -1.82. The smallest absolute Gasteiger partial charge is 0.414 e. The van der Waals surface area contributed by atoms with Crippen LogP contribution in [-0.4, -0.2) is 82.8 Å². The number of hydrogen-bond acceptors (Lipinski definition) is 6. The van der Waals surface area contributed by atoms with Gasteiger partial charge in [-0.1, -0.05) is 12.1 Å². The van der Waals surface area contributed by atoms with Crippen molar-refractivity contribution in [3.8, 4) is 0 Å². The number of ether oxygens (including phenoxy) is 1. The van der Waals surface area contributed by atoms with E-state index < -0.39 is 23.8 Å². The number of carbonyl (C=O) groups excluding carboxylic acids is 2.